The minimum Gasteiger partial charge on any atom is -0.497 e. The van der Waals surface area contributed by atoms with Gasteiger partial charge >= 0.3 is 6.03 Å². The van der Waals surface area contributed by atoms with Crippen LogP contribution in [0.15, 0.2) is 48.5 Å². The fraction of sp³-hybridized carbons (Fsp3) is 0.381. The molecule has 2 amide bonds. The lowest BCUT2D eigenvalue weighted by Crippen LogP contribution is -2.49. The Hall–Kier alpha value is -2.69. The van der Waals surface area contributed by atoms with Gasteiger partial charge in [-0.15, -0.1) is 0 Å². The molecule has 2 aromatic carbocycles. The average Bonchev–Trinajstić information content (AvgIpc) is 3.13. The van der Waals surface area contributed by atoms with Crippen molar-refractivity contribution in [3.63, 3.8) is 0 Å². The van der Waals surface area contributed by atoms with Gasteiger partial charge in [0.15, 0.2) is 0 Å². The van der Waals surface area contributed by atoms with Crippen LogP contribution in [0, 0.1) is 0 Å². The SMILES string of the molecule is COc1ccc(N2CCC(NC(=O)N3CCc4ccccc43)CC2)cc1. The number of hydrogen-bond donors (Lipinski definition) is 1. The summed E-state index contributed by atoms with van der Waals surface area (Å²) in [4.78, 5) is 16.9. The van der Waals surface area contributed by atoms with Gasteiger partial charge in [0.2, 0.25) is 0 Å². The second-order valence-corrected chi connectivity index (χ2v) is 6.94. The molecule has 5 nitrogen and oxygen atoms in total. The zero-order chi connectivity index (χ0) is 17.9. The van der Waals surface area contributed by atoms with Crippen molar-refractivity contribution in [2.75, 3.05) is 36.5 Å². The topological polar surface area (TPSA) is 44.8 Å². The highest BCUT2D eigenvalue weighted by molar-refractivity contribution is 5.94. The van der Waals surface area contributed by atoms with Crippen molar-refractivity contribution >= 4 is 17.4 Å². The standard InChI is InChI=1S/C21H25N3O2/c1-26-19-8-6-18(7-9-19)23-13-11-17(12-14-23)22-21(25)24-15-10-16-4-2-3-5-20(16)24/h2-9,17H,10-15H2,1H3,(H,22,25). The van der Waals surface area contributed by atoms with E-state index in [1.807, 2.05) is 35.2 Å². The van der Waals surface area contributed by atoms with Crippen molar-refractivity contribution in [3.05, 3.63) is 54.1 Å². The summed E-state index contributed by atoms with van der Waals surface area (Å²) in [7, 11) is 1.68. The van der Waals surface area contributed by atoms with Crippen molar-refractivity contribution < 1.29 is 9.53 Å². The zero-order valence-corrected chi connectivity index (χ0v) is 15.1. The Balaban J connectivity index is 1.32. The predicted molar refractivity (Wildman–Crippen MR) is 104 cm³/mol. The Bertz CT molecular complexity index is 767. The normalized spacial score (nSPS) is 17.1. The van der Waals surface area contributed by atoms with Crippen LogP contribution in [-0.4, -0.2) is 38.8 Å². The summed E-state index contributed by atoms with van der Waals surface area (Å²) in [5.41, 5.74) is 3.53. The second-order valence-electron chi connectivity index (χ2n) is 6.94. The quantitative estimate of drug-likeness (QED) is 0.921. The monoisotopic (exact) mass is 351 g/mol. The van der Waals surface area contributed by atoms with E-state index in [1.54, 1.807) is 7.11 Å². The number of rotatable bonds is 3. The Morgan fingerprint density at radius 3 is 2.50 bits per heavy atom. The van der Waals surface area contributed by atoms with E-state index in [0.717, 1.165) is 50.3 Å². The molecule has 0 saturated carbocycles. The molecule has 26 heavy (non-hydrogen) atoms. The fourth-order valence-electron chi connectivity index (χ4n) is 3.88. The minimum atomic E-state index is 0.0397. The first-order valence-electron chi connectivity index (χ1n) is 9.29. The molecule has 2 heterocycles. The first kappa shape index (κ1) is 16.8. The number of nitrogens with one attached hydrogen (secondary N) is 1. The predicted octanol–water partition coefficient (Wildman–Crippen LogP) is 3.44. The van der Waals surface area contributed by atoms with Crippen molar-refractivity contribution in [1.29, 1.82) is 0 Å². The number of ether oxygens (including phenoxy) is 1. The minimum absolute atomic E-state index is 0.0397. The molecule has 1 saturated heterocycles. The summed E-state index contributed by atoms with van der Waals surface area (Å²) in [5.74, 6) is 0.877. The third kappa shape index (κ3) is 3.34. The van der Waals surface area contributed by atoms with Crippen LogP contribution in [0.5, 0.6) is 5.75 Å². The van der Waals surface area contributed by atoms with Crippen LogP contribution in [0.1, 0.15) is 18.4 Å². The molecular weight excluding hydrogens is 326 g/mol. The van der Waals surface area contributed by atoms with Crippen LogP contribution in [0.4, 0.5) is 16.2 Å². The summed E-state index contributed by atoms with van der Waals surface area (Å²) < 4.78 is 5.22. The Morgan fingerprint density at radius 2 is 1.77 bits per heavy atom. The average molecular weight is 351 g/mol. The summed E-state index contributed by atoms with van der Waals surface area (Å²) in [6.07, 6.45) is 2.88. The molecule has 0 radical (unpaired) electrons. The number of urea groups is 1. The lowest BCUT2D eigenvalue weighted by molar-refractivity contribution is 0.240. The van der Waals surface area contributed by atoms with Crippen LogP contribution in [-0.2, 0) is 6.42 Å². The molecule has 2 aliphatic heterocycles. The number of amides is 2. The smallest absolute Gasteiger partial charge is 0.322 e. The maximum absolute atomic E-state index is 12.7. The van der Waals surface area contributed by atoms with Crippen LogP contribution in [0.2, 0.25) is 0 Å². The number of piperidine rings is 1. The third-order valence-electron chi connectivity index (χ3n) is 5.39. The Kier molecular flexibility index (Phi) is 4.69. The highest BCUT2D eigenvalue weighted by Crippen LogP contribution is 2.28. The van der Waals surface area contributed by atoms with Crippen molar-refractivity contribution in [3.8, 4) is 5.75 Å². The van der Waals surface area contributed by atoms with E-state index in [4.69, 9.17) is 4.74 Å². The summed E-state index contributed by atoms with van der Waals surface area (Å²) in [6.45, 7) is 2.68. The molecule has 4 rings (SSSR count). The highest BCUT2D eigenvalue weighted by atomic mass is 16.5. The molecule has 1 N–H and O–H groups in total. The van der Waals surface area contributed by atoms with Gasteiger partial charge in [0.1, 0.15) is 5.75 Å². The molecule has 0 aliphatic carbocycles. The van der Waals surface area contributed by atoms with Crippen LogP contribution in [0.25, 0.3) is 0 Å². The van der Waals surface area contributed by atoms with Gasteiger partial charge in [-0.1, -0.05) is 18.2 Å². The summed E-state index contributed by atoms with van der Waals surface area (Å²) in [6, 6.07) is 16.6. The Morgan fingerprint density at radius 1 is 1.04 bits per heavy atom. The van der Waals surface area contributed by atoms with Crippen LogP contribution in [0.3, 0.4) is 0 Å². The van der Waals surface area contributed by atoms with E-state index in [-0.39, 0.29) is 12.1 Å². The van der Waals surface area contributed by atoms with Gasteiger partial charge < -0.3 is 15.0 Å². The number of para-hydroxylation sites is 1. The maximum atomic E-state index is 12.7. The molecular formula is C21H25N3O2. The second kappa shape index (κ2) is 7.28. The van der Waals surface area contributed by atoms with E-state index in [0.29, 0.717) is 0 Å². The number of nitrogens with zero attached hydrogens (tertiary/aromatic N) is 2. The number of hydrogen-bond acceptors (Lipinski definition) is 3. The molecule has 136 valence electrons. The van der Waals surface area contributed by atoms with Crippen LogP contribution >= 0.6 is 0 Å². The number of fused-ring (bicyclic) bond motifs is 1. The number of benzene rings is 2. The molecule has 1 fully saturated rings. The number of methoxy groups -OCH3 is 1. The molecule has 2 aliphatic rings. The van der Waals surface area contributed by atoms with Gasteiger partial charge in [-0.2, -0.15) is 0 Å². The van der Waals surface area contributed by atoms with E-state index in [2.05, 4.69) is 28.4 Å². The zero-order valence-electron chi connectivity index (χ0n) is 15.1. The molecule has 5 heteroatoms. The summed E-state index contributed by atoms with van der Waals surface area (Å²) in [5, 5.41) is 3.23. The van der Waals surface area contributed by atoms with Crippen LogP contribution < -0.4 is 19.9 Å². The van der Waals surface area contributed by atoms with Gasteiger partial charge in [-0.3, -0.25) is 4.90 Å². The molecule has 0 spiro atoms. The molecule has 0 bridgehead atoms. The van der Waals surface area contributed by atoms with E-state index in [1.165, 1.54) is 11.3 Å². The number of carbonyl (C=O) groups excluding carboxylic acids is 1. The van der Waals surface area contributed by atoms with Crippen molar-refractivity contribution in [1.82, 2.24) is 5.32 Å². The van der Waals surface area contributed by atoms with Gasteiger partial charge in [0, 0.05) is 37.1 Å². The third-order valence-corrected chi connectivity index (χ3v) is 5.39. The lowest BCUT2D eigenvalue weighted by Gasteiger charge is -2.34. The highest BCUT2D eigenvalue weighted by Gasteiger charge is 2.27. The van der Waals surface area contributed by atoms with Gasteiger partial charge in [-0.05, 0) is 55.2 Å². The fourth-order valence-corrected chi connectivity index (χ4v) is 3.88. The largest absolute Gasteiger partial charge is 0.497 e. The molecule has 0 atom stereocenters. The first-order valence-corrected chi connectivity index (χ1v) is 9.29. The number of carbonyl (C=O) groups is 1. The van der Waals surface area contributed by atoms with E-state index in [9.17, 15) is 4.79 Å². The molecule has 0 aromatic heterocycles. The Labute approximate surface area is 154 Å². The number of anilines is 2. The molecule has 0 unspecified atom stereocenters. The van der Waals surface area contributed by atoms with E-state index < -0.39 is 0 Å². The first-order chi connectivity index (χ1) is 12.7. The van der Waals surface area contributed by atoms with Crippen molar-refractivity contribution in [2.45, 2.75) is 25.3 Å². The van der Waals surface area contributed by atoms with Gasteiger partial charge in [0.05, 0.1) is 7.11 Å². The summed E-state index contributed by atoms with van der Waals surface area (Å²) >= 11 is 0. The molecule has 2 aromatic rings. The lowest BCUT2D eigenvalue weighted by atomic mass is 10.0. The maximum Gasteiger partial charge on any atom is 0.322 e. The van der Waals surface area contributed by atoms with Crippen molar-refractivity contribution in [2.24, 2.45) is 0 Å². The van der Waals surface area contributed by atoms with Gasteiger partial charge in [-0.25, -0.2) is 4.79 Å². The van der Waals surface area contributed by atoms with Gasteiger partial charge in [0.25, 0.3) is 0 Å². The van der Waals surface area contributed by atoms with E-state index >= 15 is 0 Å².